The van der Waals surface area contributed by atoms with Crippen LogP contribution in [0.2, 0.25) is 0 Å². The van der Waals surface area contributed by atoms with Gasteiger partial charge in [-0.15, -0.1) is 0 Å². The average Bonchev–Trinajstić information content (AvgIpc) is 2.63. The van der Waals surface area contributed by atoms with Crippen LogP contribution in [0.4, 0.5) is 0 Å². The third-order valence-corrected chi connectivity index (χ3v) is 4.59. The number of rotatable bonds is 7. The zero-order valence-corrected chi connectivity index (χ0v) is 14.1. The van der Waals surface area contributed by atoms with Crippen molar-refractivity contribution >= 4 is 11.9 Å². The van der Waals surface area contributed by atoms with Gasteiger partial charge in [0.25, 0.3) is 0 Å². The molecule has 4 heteroatoms. The normalized spacial score (nSPS) is 22.4. The Morgan fingerprint density at radius 2 is 2.00 bits per heavy atom. The van der Waals surface area contributed by atoms with Crippen molar-refractivity contribution in [3.8, 4) is 0 Å². The maximum Gasteiger partial charge on any atom is 0.321 e. The molecule has 4 nitrogen and oxygen atoms in total. The molecule has 0 bridgehead atoms. The Labute approximate surface area is 147 Å². The number of ether oxygens (including phenoxy) is 1. The first-order chi connectivity index (χ1) is 12.0. The van der Waals surface area contributed by atoms with Crippen LogP contribution in [0.5, 0.6) is 0 Å². The zero-order valence-electron chi connectivity index (χ0n) is 14.1. The van der Waals surface area contributed by atoms with Gasteiger partial charge in [0, 0.05) is 0 Å². The molecule has 0 saturated carbocycles. The van der Waals surface area contributed by atoms with Crippen LogP contribution >= 0.6 is 0 Å². The summed E-state index contributed by atoms with van der Waals surface area (Å²) in [6, 6.07) is 7.13. The Morgan fingerprint density at radius 3 is 2.60 bits per heavy atom. The van der Waals surface area contributed by atoms with E-state index in [1.54, 1.807) is 42.5 Å². The van der Waals surface area contributed by atoms with Crippen LogP contribution in [0.1, 0.15) is 29.9 Å². The summed E-state index contributed by atoms with van der Waals surface area (Å²) in [6.07, 6.45) is 7.08. The molecule has 0 amide bonds. The van der Waals surface area contributed by atoms with Crippen molar-refractivity contribution in [2.45, 2.75) is 24.2 Å². The Morgan fingerprint density at radius 1 is 1.28 bits per heavy atom. The van der Waals surface area contributed by atoms with Gasteiger partial charge in [-0.3, -0.25) is 9.59 Å². The van der Waals surface area contributed by atoms with Crippen LogP contribution in [0.3, 0.4) is 0 Å². The molecule has 1 N–H and O–H groups in total. The molecule has 2 atom stereocenters. The summed E-state index contributed by atoms with van der Waals surface area (Å²) in [5.74, 6) is -1.98. The third kappa shape index (κ3) is 3.20. The lowest BCUT2D eigenvalue weighted by atomic mass is 9.62. The standard InChI is InChI=1S/C21H22O4/c1-4-9-15(6-3)21(20(24)25-14-5-2)13-12-17(19(22)23)16-10-7-8-11-18(16)21/h4-11,17H,1-3,12-14H2,(H,22,23)/b15-9+/t17-,21+/m1/s1. The lowest BCUT2D eigenvalue weighted by Gasteiger charge is -2.40. The van der Waals surface area contributed by atoms with Crippen LogP contribution in [0.25, 0.3) is 0 Å². The summed E-state index contributed by atoms with van der Waals surface area (Å²) < 4.78 is 5.39. The van der Waals surface area contributed by atoms with E-state index in [1.165, 1.54) is 6.08 Å². The number of aliphatic carboxylic acids is 1. The van der Waals surface area contributed by atoms with Gasteiger partial charge in [-0.1, -0.05) is 68.3 Å². The first-order valence-corrected chi connectivity index (χ1v) is 8.08. The number of fused-ring (bicyclic) bond motifs is 1. The lowest BCUT2D eigenvalue weighted by molar-refractivity contribution is -0.149. The van der Waals surface area contributed by atoms with Crippen molar-refractivity contribution in [2.75, 3.05) is 6.61 Å². The summed E-state index contributed by atoms with van der Waals surface area (Å²) in [6.45, 7) is 11.2. The fraction of sp³-hybridized carbons (Fsp3) is 0.238. The number of hydrogen-bond acceptors (Lipinski definition) is 3. The number of carbonyl (C=O) groups is 2. The number of hydrogen-bond donors (Lipinski definition) is 1. The van der Waals surface area contributed by atoms with Crippen LogP contribution in [0, 0.1) is 0 Å². The quantitative estimate of drug-likeness (QED) is 0.465. The number of allylic oxidation sites excluding steroid dienone is 3. The molecule has 0 radical (unpaired) electrons. The molecule has 1 aromatic carbocycles. The molecule has 0 saturated heterocycles. The van der Waals surface area contributed by atoms with E-state index in [-0.39, 0.29) is 6.61 Å². The zero-order chi connectivity index (χ0) is 18.4. The number of carbonyl (C=O) groups excluding carboxylic acids is 1. The average molecular weight is 338 g/mol. The van der Waals surface area contributed by atoms with Crippen molar-refractivity contribution in [3.05, 3.63) is 85.0 Å². The van der Waals surface area contributed by atoms with E-state index < -0.39 is 23.3 Å². The molecule has 130 valence electrons. The van der Waals surface area contributed by atoms with Crippen molar-refractivity contribution in [3.63, 3.8) is 0 Å². The second-order valence-corrected chi connectivity index (χ2v) is 5.87. The van der Waals surface area contributed by atoms with Crippen LogP contribution < -0.4 is 0 Å². The van der Waals surface area contributed by atoms with E-state index in [0.717, 1.165) is 0 Å². The molecule has 2 rings (SSSR count). The van der Waals surface area contributed by atoms with Crippen molar-refractivity contribution in [2.24, 2.45) is 0 Å². The second kappa shape index (κ2) is 7.79. The monoisotopic (exact) mass is 338 g/mol. The third-order valence-electron chi connectivity index (χ3n) is 4.59. The molecule has 0 aromatic heterocycles. The summed E-state index contributed by atoms with van der Waals surface area (Å²) in [7, 11) is 0. The predicted molar refractivity (Wildman–Crippen MR) is 97.4 cm³/mol. The van der Waals surface area contributed by atoms with Gasteiger partial charge in [-0.05, 0) is 29.5 Å². The second-order valence-electron chi connectivity index (χ2n) is 5.87. The topological polar surface area (TPSA) is 63.6 Å². The minimum atomic E-state index is -1.10. The number of carboxylic acid groups (broad SMARTS) is 1. The Hall–Kier alpha value is -2.88. The summed E-state index contributed by atoms with van der Waals surface area (Å²) in [4.78, 5) is 24.7. The van der Waals surface area contributed by atoms with E-state index in [9.17, 15) is 14.7 Å². The molecule has 25 heavy (non-hydrogen) atoms. The van der Waals surface area contributed by atoms with E-state index in [0.29, 0.717) is 29.5 Å². The summed E-state index contributed by atoms with van der Waals surface area (Å²) in [5, 5.41) is 9.55. The first-order valence-electron chi connectivity index (χ1n) is 8.08. The van der Waals surface area contributed by atoms with Gasteiger partial charge in [0.1, 0.15) is 12.0 Å². The van der Waals surface area contributed by atoms with Gasteiger partial charge >= 0.3 is 11.9 Å². The van der Waals surface area contributed by atoms with Gasteiger partial charge in [0.2, 0.25) is 0 Å². The molecule has 0 spiro atoms. The highest BCUT2D eigenvalue weighted by molar-refractivity contribution is 5.91. The van der Waals surface area contributed by atoms with Crippen LogP contribution in [0.15, 0.2) is 73.9 Å². The van der Waals surface area contributed by atoms with Gasteiger partial charge in [-0.2, -0.15) is 0 Å². The van der Waals surface area contributed by atoms with Crippen molar-refractivity contribution in [1.29, 1.82) is 0 Å². The smallest absolute Gasteiger partial charge is 0.321 e. The highest BCUT2D eigenvalue weighted by atomic mass is 16.5. The van der Waals surface area contributed by atoms with Gasteiger partial charge in [-0.25, -0.2) is 0 Å². The lowest BCUT2D eigenvalue weighted by Crippen LogP contribution is -2.43. The molecule has 0 heterocycles. The SMILES string of the molecule is C=C/C=C(\C=C)[C@@]1(C(=O)OCC=C)CC[C@@H](C(=O)O)c2ccccc21. The Bertz CT molecular complexity index is 744. The van der Waals surface area contributed by atoms with Crippen molar-refractivity contribution in [1.82, 2.24) is 0 Å². The molecule has 0 unspecified atom stereocenters. The summed E-state index contributed by atoms with van der Waals surface area (Å²) >= 11 is 0. The molecule has 0 fully saturated rings. The van der Waals surface area contributed by atoms with Gasteiger partial charge in [0.15, 0.2) is 0 Å². The largest absolute Gasteiger partial charge is 0.481 e. The highest BCUT2D eigenvalue weighted by Crippen LogP contribution is 2.48. The molecular formula is C21H22O4. The number of esters is 1. The summed E-state index contributed by atoms with van der Waals surface area (Å²) in [5.41, 5.74) is 0.832. The highest BCUT2D eigenvalue weighted by Gasteiger charge is 2.49. The first kappa shape index (κ1) is 18.5. The molecular weight excluding hydrogens is 316 g/mol. The fourth-order valence-electron chi connectivity index (χ4n) is 3.50. The minimum Gasteiger partial charge on any atom is -0.481 e. The Balaban J connectivity index is 2.73. The van der Waals surface area contributed by atoms with E-state index in [4.69, 9.17) is 4.74 Å². The van der Waals surface area contributed by atoms with Gasteiger partial charge in [0.05, 0.1) is 5.92 Å². The van der Waals surface area contributed by atoms with E-state index in [2.05, 4.69) is 19.7 Å². The fourth-order valence-corrected chi connectivity index (χ4v) is 3.50. The molecule has 1 aliphatic rings. The minimum absolute atomic E-state index is 0.0869. The molecule has 1 aliphatic carbocycles. The van der Waals surface area contributed by atoms with Crippen molar-refractivity contribution < 1.29 is 19.4 Å². The van der Waals surface area contributed by atoms with Crippen LogP contribution in [-0.2, 0) is 19.7 Å². The molecule has 0 aliphatic heterocycles. The maximum absolute atomic E-state index is 13.1. The Kier molecular flexibility index (Phi) is 5.75. The maximum atomic E-state index is 13.1. The number of benzene rings is 1. The van der Waals surface area contributed by atoms with Gasteiger partial charge < -0.3 is 9.84 Å². The van der Waals surface area contributed by atoms with E-state index in [1.807, 2.05) is 0 Å². The predicted octanol–water partition coefficient (Wildman–Crippen LogP) is 3.91. The van der Waals surface area contributed by atoms with Crippen LogP contribution in [-0.4, -0.2) is 23.7 Å². The molecule has 1 aromatic rings. The number of carboxylic acids is 1. The van der Waals surface area contributed by atoms with E-state index >= 15 is 0 Å².